The predicted molar refractivity (Wildman–Crippen MR) is 133 cm³/mol. The highest BCUT2D eigenvalue weighted by atomic mass is 32.2. The number of rotatable bonds is 8. The predicted octanol–water partition coefficient (Wildman–Crippen LogP) is 6.08. The summed E-state index contributed by atoms with van der Waals surface area (Å²) in [6.07, 6.45) is 5.16. The molecule has 0 fully saturated rings. The van der Waals surface area contributed by atoms with Gasteiger partial charge in [0.25, 0.3) is 0 Å². The smallest absolute Gasteiger partial charge is 0.235 e. The Kier molecular flexibility index (Phi) is 7.33. The van der Waals surface area contributed by atoms with Gasteiger partial charge in [0.2, 0.25) is 5.91 Å². The average Bonchev–Trinajstić information content (AvgIpc) is 3.49. The van der Waals surface area contributed by atoms with Gasteiger partial charge in [-0.05, 0) is 49.7 Å². The van der Waals surface area contributed by atoms with E-state index in [1.807, 2.05) is 0 Å². The van der Waals surface area contributed by atoms with E-state index in [-0.39, 0.29) is 11.7 Å². The second kappa shape index (κ2) is 10.2. The molecule has 9 heteroatoms. The maximum absolute atomic E-state index is 12.7. The summed E-state index contributed by atoms with van der Waals surface area (Å²) in [5, 5.41) is 25.0. The van der Waals surface area contributed by atoms with Crippen molar-refractivity contribution < 1.29 is 4.79 Å². The van der Waals surface area contributed by atoms with Gasteiger partial charge in [-0.15, -0.1) is 32.9 Å². The van der Waals surface area contributed by atoms with Crippen LogP contribution in [0.15, 0.2) is 16.6 Å². The van der Waals surface area contributed by atoms with Crippen LogP contribution < -0.4 is 5.32 Å². The molecule has 168 valence electrons. The van der Waals surface area contributed by atoms with E-state index >= 15 is 0 Å². The van der Waals surface area contributed by atoms with Gasteiger partial charge in [-0.1, -0.05) is 32.5 Å². The monoisotopic (exact) mass is 485 g/mol. The Bertz CT molecular complexity index is 1150. The number of hydrogen-bond donors (Lipinski definition) is 1. The number of carbonyl (C=O) groups is 1. The van der Waals surface area contributed by atoms with Crippen LogP contribution in [0.1, 0.15) is 66.8 Å². The Morgan fingerprint density at radius 2 is 2.16 bits per heavy atom. The zero-order chi connectivity index (χ0) is 22.7. The molecule has 6 nitrogen and oxygen atoms in total. The van der Waals surface area contributed by atoms with Crippen molar-refractivity contribution in [3.63, 3.8) is 0 Å². The lowest BCUT2D eigenvalue weighted by Gasteiger charge is -2.09. The topological polar surface area (TPSA) is 83.6 Å². The molecule has 4 rings (SSSR count). The number of anilines is 1. The van der Waals surface area contributed by atoms with Gasteiger partial charge in [-0.2, -0.15) is 5.26 Å². The molecule has 0 aromatic carbocycles. The number of thioether (sulfide) groups is 1. The largest absolute Gasteiger partial charge is 0.316 e. The third kappa shape index (κ3) is 4.77. The van der Waals surface area contributed by atoms with E-state index in [2.05, 4.69) is 58.4 Å². The summed E-state index contributed by atoms with van der Waals surface area (Å²) in [5.41, 5.74) is 2.87. The molecule has 32 heavy (non-hydrogen) atoms. The van der Waals surface area contributed by atoms with E-state index in [0.717, 1.165) is 60.8 Å². The lowest BCUT2D eigenvalue weighted by atomic mass is 9.96. The molecule has 0 aliphatic heterocycles. The van der Waals surface area contributed by atoms with E-state index in [0.29, 0.717) is 16.5 Å². The lowest BCUT2D eigenvalue weighted by molar-refractivity contribution is -0.113. The molecule has 1 aliphatic carbocycles. The Balaban J connectivity index is 1.47. The van der Waals surface area contributed by atoms with Crippen LogP contribution >= 0.6 is 34.4 Å². The van der Waals surface area contributed by atoms with Crippen LogP contribution in [0.4, 0.5) is 5.00 Å². The molecule has 0 saturated carbocycles. The van der Waals surface area contributed by atoms with Crippen molar-refractivity contribution in [1.82, 2.24) is 14.8 Å². The highest BCUT2D eigenvalue weighted by Gasteiger charge is 2.22. The fraction of sp³-hybridized carbons (Fsp3) is 0.478. The van der Waals surface area contributed by atoms with Crippen LogP contribution in [0.2, 0.25) is 0 Å². The van der Waals surface area contributed by atoms with Crippen LogP contribution in [0.3, 0.4) is 0 Å². The highest BCUT2D eigenvalue weighted by Crippen LogP contribution is 2.38. The molecule has 0 unspecified atom stereocenters. The summed E-state index contributed by atoms with van der Waals surface area (Å²) in [5.74, 6) is 1.46. The minimum absolute atomic E-state index is 0.115. The molecule has 0 saturated heterocycles. The van der Waals surface area contributed by atoms with Crippen LogP contribution in [0.25, 0.3) is 11.4 Å². The number of nitrogens with one attached hydrogen (secondary N) is 1. The molecule has 0 bridgehead atoms. The first-order valence-corrected chi connectivity index (χ1v) is 13.7. The number of amides is 1. The summed E-state index contributed by atoms with van der Waals surface area (Å²) in [6.45, 7) is 7.30. The van der Waals surface area contributed by atoms with Crippen LogP contribution in [-0.4, -0.2) is 26.4 Å². The van der Waals surface area contributed by atoms with Crippen LogP contribution in [0, 0.1) is 11.3 Å². The first-order valence-electron chi connectivity index (χ1n) is 11.0. The molecule has 3 aromatic rings. The molecule has 3 heterocycles. The number of nitriles is 1. The molecule has 1 aliphatic rings. The van der Waals surface area contributed by atoms with Crippen LogP contribution in [-0.2, 0) is 24.2 Å². The number of fused-ring (bicyclic) bond motifs is 1. The number of nitrogens with zero attached hydrogens (tertiary/aromatic N) is 4. The fourth-order valence-electron chi connectivity index (χ4n) is 3.87. The quantitative estimate of drug-likeness (QED) is 0.391. The van der Waals surface area contributed by atoms with Crippen molar-refractivity contribution in [2.24, 2.45) is 0 Å². The fourth-order valence-corrected chi connectivity index (χ4v) is 6.80. The molecule has 0 atom stereocenters. The standard InChI is InChI=1S/C23H27N5OS3/c1-4-9-28-21(15-10-19(14(2)3)30-12-15)26-27-23(28)31-13-20(29)25-22-17(11-24)16-7-5-6-8-18(16)32-22/h10,12,14H,4-9,13H2,1-3H3,(H,25,29). The summed E-state index contributed by atoms with van der Waals surface area (Å²) >= 11 is 4.70. The van der Waals surface area contributed by atoms with E-state index in [1.165, 1.54) is 21.5 Å². The zero-order valence-electron chi connectivity index (χ0n) is 18.6. The van der Waals surface area contributed by atoms with Gasteiger partial charge in [-0.25, -0.2) is 0 Å². The van der Waals surface area contributed by atoms with Crippen molar-refractivity contribution in [3.8, 4) is 17.5 Å². The van der Waals surface area contributed by atoms with Gasteiger partial charge >= 0.3 is 0 Å². The van der Waals surface area contributed by atoms with E-state index in [1.54, 1.807) is 22.7 Å². The van der Waals surface area contributed by atoms with Crippen molar-refractivity contribution in [3.05, 3.63) is 32.3 Å². The normalized spacial score (nSPS) is 13.2. The molecule has 1 N–H and O–H groups in total. The number of aryl methyl sites for hydroxylation is 1. The van der Waals surface area contributed by atoms with Crippen molar-refractivity contribution in [1.29, 1.82) is 5.26 Å². The summed E-state index contributed by atoms with van der Waals surface area (Å²) < 4.78 is 2.11. The van der Waals surface area contributed by atoms with Crippen molar-refractivity contribution in [2.75, 3.05) is 11.1 Å². The van der Waals surface area contributed by atoms with Gasteiger partial charge < -0.3 is 9.88 Å². The van der Waals surface area contributed by atoms with Crippen molar-refractivity contribution >= 4 is 45.3 Å². The van der Waals surface area contributed by atoms with Gasteiger partial charge in [0.1, 0.15) is 11.1 Å². The Labute approximate surface area is 201 Å². The Morgan fingerprint density at radius 1 is 1.34 bits per heavy atom. The second-order valence-corrected chi connectivity index (χ2v) is 11.2. The second-order valence-electron chi connectivity index (χ2n) is 8.21. The molecular formula is C23H27N5OS3. The lowest BCUT2D eigenvalue weighted by Crippen LogP contribution is -2.14. The van der Waals surface area contributed by atoms with Gasteiger partial charge in [0.15, 0.2) is 11.0 Å². The van der Waals surface area contributed by atoms with E-state index in [4.69, 9.17) is 0 Å². The van der Waals surface area contributed by atoms with Crippen molar-refractivity contribution in [2.45, 2.75) is 70.5 Å². The number of hydrogen-bond acceptors (Lipinski definition) is 7. The van der Waals surface area contributed by atoms with Gasteiger partial charge in [0.05, 0.1) is 11.3 Å². The molecule has 3 aromatic heterocycles. The third-order valence-electron chi connectivity index (χ3n) is 5.48. The van der Waals surface area contributed by atoms with Crippen LogP contribution in [0.5, 0.6) is 0 Å². The minimum Gasteiger partial charge on any atom is -0.316 e. The van der Waals surface area contributed by atoms with E-state index < -0.39 is 0 Å². The average molecular weight is 486 g/mol. The maximum Gasteiger partial charge on any atom is 0.235 e. The first-order chi connectivity index (χ1) is 15.5. The summed E-state index contributed by atoms with van der Waals surface area (Å²) in [6, 6.07) is 4.49. The molecule has 1 amide bonds. The Morgan fingerprint density at radius 3 is 2.88 bits per heavy atom. The SMILES string of the molecule is CCCn1c(SCC(=O)Nc2sc3c(c2C#N)CCCC3)nnc1-c1csc(C(C)C)c1. The Hall–Kier alpha value is -2.15. The number of aromatic nitrogens is 3. The minimum atomic E-state index is -0.115. The zero-order valence-corrected chi connectivity index (χ0v) is 21.1. The van der Waals surface area contributed by atoms with Gasteiger partial charge in [-0.3, -0.25) is 4.79 Å². The van der Waals surface area contributed by atoms with E-state index in [9.17, 15) is 10.1 Å². The molecule has 0 spiro atoms. The highest BCUT2D eigenvalue weighted by molar-refractivity contribution is 7.99. The summed E-state index contributed by atoms with van der Waals surface area (Å²) in [7, 11) is 0. The molecule has 0 radical (unpaired) electrons. The molecular weight excluding hydrogens is 458 g/mol. The summed E-state index contributed by atoms with van der Waals surface area (Å²) in [4.78, 5) is 15.3. The first kappa shape index (κ1) is 23.0. The van der Waals surface area contributed by atoms with Gasteiger partial charge in [0, 0.05) is 27.2 Å². The third-order valence-corrected chi connectivity index (χ3v) is 8.89. The number of carbonyl (C=O) groups excluding carboxylic acids is 1. The number of thiophene rings is 2. The maximum atomic E-state index is 12.7.